The second-order valence-corrected chi connectivity index (χ2v) is 15.8. The van der Waals surface area contributed by atoms with E-state index in [0.717, 1.165) is 33.2 Å². The molecular weight excluding hydrogens is 657 g/mol. The van der Waals surface area contributed by atoms with Crippen molar-refractivity contribution in [3.8, 4) is 67.2 Å². The van der Waals surface area contributed by atoms with E-state index < -0.39 is 5.41 Å². The number of fused-ring (bicyclic) bond motifs is 12. The molecule has 9 aromatic rings. The zero-order valence-electron chi connectivity index (χ0n) is 30.2. The molecule has 54 heavy (non-hydrogen) atoms. The summed E-state index contributed by atoms with van der Waals surface area (Å²) in [7, 11) is 0. The lowest BCUT2D eigenvalue weighted by Gasteiger charge is -2.32. The SMILES string of the molecule is CC1(C)c2cc3c4cc2-c2c(cccc21)-c1cccc(c1)-c1ccc(-c2nc(-c5ccccc5)c5c(n2)oc2ccccc25)cc1C4(C)c1ccccc1-3. The minimum atomic E-state index is -0.458. The van der Waals surface area contributed by atoms with Gasteiger partial charge >= 0.3 is 0 Å². The van der Waals surface area contributed by atoms with E-state index in [1.807, 2.05) is 24.3 Å². The summed E-state index contributed by atoms with van der Waals surface area (Å²) in [6, 6.07) is 55.5. The van der Waals surface area contributed by atoms with E-state index in [9.17, 15) is 0 Å². The minimum absolute atomic E-state index is 0.125. The first-order valence-electron chi connectivity index (χ1n) is 18.8. The molecule has 0 amide bonds. The third-order valence-corrected chi connectivity index (χ3v) is 12.7. The fourth-order valence-electron chi connectivity index (χ4n) is 10.1. The van der Waals surface area contributed by atoms with Gasteiger partial charge in [-0.3, -0.25) is 0 Å². The van der Waals surface area contributed by atoms with Crippen LogP contribution >= 0.6 is 0 Å². The topological polar surface area (TPSA) is 38.9 Å². The van der Waals surface area contributed by atoms with Gasteiger partial charge in [0.1, 0.15) is 5.58 Å². The maximum absolute atomic E-state index is 6.46. The van der Waals surface area contributed by atoms with Gasteiger partial charge in [-0.2, -0.15) is 4.98 Å². The standard InChI is InChI=1S/C51H34N2O/c1-50(2)40-21-12-19-34-31-16-11-15-30(25-31)33-24-23-32(48-52-47(29-13-5-4-6-14-29)46-36-18-8-10-22-44(36)54-49(46)53-48)26-42(33)51(3)39-20-9-7-17-35(39)37-27-41(50)38(45(34)40)28-43(37)51/h4-28H,1-3H3. The van der Waals surface area contributed by atoms with Gasteiger partial charge in [0.2, 0.25) is 5.71 Å². The average Bonchev–Trinajstić information content (AvgIpc) is 3.80. The molecule has 0 saturated heterocycles. The van der Waals surface area contributed by atoms with Gasteiger partial charge in [0.25, 0.3) is 0 Å². The Hall–Kier alpha value is -6.58. The molecule has 2 heterocycles. The first-order chi connectivity index (χ1) is 26.4. The number of furan rings is 1. The van der Waals surface area contributed by atoms with Gasteiger partial charge in [0.15, 0.2) is 5.82 Å². The molecule has 0 N–H and O–H groups in total. The molecule has 0 aliphatic heterocycles. The molecule has 1 unspecified atom stereocenters. The number of hydrogen-bond donors (Lipinski definition) is 0. The summed E-state index contributed by atoms with van der Waals surface area (Å²) < 4.78 is 6.46. The van der Waals surface area contributed by atoms with Crippen LogP contribution in [0, 0.1) is 0 Å². The summed E-state index contributed by atoms with van der Waals surface area (Å²) in [4.78, 5) is 10.5. The van der Waals surface area contributed by atoms with Crippen molar-refractivity contribution in [2.45, 2.75) is 31.6 Å². The summed E-state index contributed by atoms with van der Waals surface area (Å²) >= 11 is 0. The predicted octanol–water partition coefficient (Wildman–Crippen LogP) is 13.0. The Balaban J connectivity index is 1.19. The van der Waals surface area contributed by atoms with Crippen molar-refractivity contribution >= 4 is 22.1 Å². The van der Waals surface area contributed by atoms with Crippen LogP contribution in [0.5, 0.6) is 0 Å². The number of hydrogen-bond acceptors (Lipinski definition) is 3. The summed E-state index contributed by atoms with van der Waals surface area (Å²) in [6.07, 6.45) is 0. The van der Waals surface area contributed by atoms with Crippen LogP contribution in [0.2, 0.25) is 0 Å². The van der Waals surface area contributed by atoms with Crippen molar-refractivity contribution in [1.29, 1.82) is 0 Å². The molecule has 3 heteroatoms. The highest BCUT2D eigenvalue weighted by Gasteiger charge is 2.46. The molecule has 3 aliphatic rings. The fraction of sp³-hybridized carbons (Fsp3) is 0.0980. The molecule has 254 valence electrons. The van der Waals surface area contributed by atoms with Crippen LogP contribution in [0.1, 0.15) is 48.6 Å². The Morgan fingerprint density at radius 2 is 1.13 bits per heavy atom. The van der Waals surface area contributed by atoms with Crippen LogP contribution in [-0.2, 0) is 10.8 Å². The maximum atomic E-state index is 6.46. The number of para-hydroxylation sites is 1. The van der Waals surface area contributed by atoms with Gasteiger partial charge in [-0.05, 0) is 110 Å². The molecule has 3 nitrogen and oxygen atoms in total. The van der Waals surface area contributed by atoms with E-state index in [2.05, 4.69) is 148 Å². The normalized spacial score (nSPS) is 16.6. The summed E-state index contributed by atoms with van der Waals surface area (Å²) in [5.74, 6) is 0.647. The van der Waals surface area contributed by atoms with Gasteiger partial charge in [0.05, 0.1) is 11.1 Å². The monoisotopic (exact) mass is 690 g/mol. The second kappa shape index (κ2) is 10.3. The van der Waals surface area contributed by atoms with E-state index in [-0.39, 0.29) is 5.41 Å². The van der Waals surface area contributed by atoms with E-state index in [1.165, 1.54) is 72.3 Å². The van der Waals surface area contributed by atoms with E-state index in [4.69, 9.17) is 14.4 Å². The second-order valence-electron chi connectivity index (χ2n) is 15.8. The lowest BCUT2D eigenvalue weighted by atomic mass is 9.70. The smallest absolute Gasteiger partial charge is 0.231 e. The quantitative estimate of drug-likeness (QED) is 0.181. The molecule has 1 atom stereocenters. The van der Waals surface area contributed by atoms with Crippen molar-refractivity contribution in [3.63, 3.8) is 0 Å². The van der Waals surface area contributed by atoms with Gasteiger partial charge in [0, 0.05) is 27.3 Å². The molecule has 0 saturated carbocycles. The molecule has 0 spiro atoms. The number of nitrogens with zero attached hydrogens (tertiary/aromatic N) is 2. The van der Waals surface area contributed by atoms with Gasteiger partial charge < -0.3 is 4.42 Å². The van der Waals surface area contributed by atoms with E-state index >= 15 is 0 Å². The predicted molar refractivity (Wildman–Crippen MR) is 220 cm³/mol. The van der Waals surface area contributed by atoms with Crippen molar-refractivity contribution in [2.75, 3.05) is 0 Å². The Labute approximate surface area is 313 Å². The van der Waals surface area contributed by atoms with Crippen molar-refractivity contribution in [1.82, 2.24) is 9.97 Å². The summed E-state index contributed by atoms with van der Waals surface area (Å²) in [5.41, 5.74) is 20.7. The first-order valence-corrected chi connectivity index (χ1v) is 18.8. The van der Waals surface area contributed by atoms with Crippen LogP contribution in [0.3, 0.4) is 0 Å². The molecule has 3 aliphatic carbocycles. The third kappa shape index (κ3) is 3.76. The lowest BCUT2D eigenvalue weighted by Crippen LogP contribution is -2.24. The first kappa shape index (κ1) is 29.9. The van der Waals surface area contributed by atoms with Crippen LogP contribution in [0.15, 0.2) is 156 Å². The van der Waals surface area contributed by atoms with Crippen LogP contribution in [0.25, 0.3) is 89.2 Å². The zero-order valence-corrected chi connectivity index (χ0v) is 30.2. The highest BCUT2D eigenvalue weighted by atomic mass is 16.3. The van der Waals surface area contributed by atoms with Crippen molar-refractivity contribution in [2.24, 2.45) is 0 Å². The van der Waals surface area contributed by atoms with E-state index in [1.54, 1.807) is 0 Å². The maximum Gasteiger partial charge on any atom is 0.231 e. The summed E-state index contributed by atoms with van der Waals surface area (Å²) in [6.45, 7) is 7.21. The van der Waals surface area contributed by atoms with Gasteiger partial charge in [-0.15, -0.1) is 0 Å². The van der Waals surface area contributed by atoms with Crippen molar-refractivity contribution in [3.05, 3.63) is 179 Å². The molecule has 0 fully saturated rings. The molecule has 12 rings (SSSR count). The lowest BCUT2D eigenvalue weighted by molar-refractivity contribution is 0.653. The highest BCUT2D eigenvalue weighted by molar-refractivity contribution is 6.10. The molecule has 2 aromatic heterocycles. The highest BCUT2D eigenvalue weighted by Crippen LogP contribution is 2.60. The Kier molecular flexibility index (Phi) is 5.71. The van der Waals surface area contributed by atoms with Crippen molar-refractivity contribution < 1.29 is 4.42 Å². The average molecular weight is 691 g/mol. The molecular formula is C51H34N2O. The Morgan fingerprint density at radius 3 is 2.02 bits per heavy atom. The zero-order chi connectivity index (χ0) is 35.9. The minimum Gasteiger partial charge on any atom is -0.438 e. The Bertz CT molecular complexity index is 3100. The van der Waals surface area contributed by atoms with Crippen LogP contribution < -0.4 is 0 Å². The Morgan fingerprint density at radius 1 is 0.444 bits per heavy atom. The number of rotatable bonds is 2. The summed E-state index contributed by atoms with van der Waals surface area (Å²) in [5, 5.41) is 1.96. The molecule has 4 bridgehead atoms. The van der Waals surface area contributed by atoms with Gasteiger partial charge in [-0.25, -0.2) is 4.98 Å². The molecule has 0 radical (unpaired) electrons. The third-order valence-electron chi connectivity index (χ3n) is 12.7. The largest absolute Gasteiger partial charge is 0.438 e. The van der Waals surface area contributed by atoms with Gasteiger partial charge in [-0.1, -0.05) is 135 Å². The molecule has 7 aromatic carbocycles. The number of aromatic nitrogens is 2. The number of benzene rings is 7. The fourth-order valence-corrected chi connectivity index (χ4v) is 10.1. The van der Waals surface area contributed by atoms with Crippen LogP contribution in [-0.4, -0.2) is 9.97 Å². The van der Waals surface area contributed by atoms with Crippen LogP contribution in [0.4, 0.5) is 0 Å². The van der Waals surface area contributed by atoms with E-state index in [0.29, 0.717) is 11.5 Å².